The SMILES string of the molecule is C[C@H]1C=CC(=O)N2c3ccccc3C[C@H]12. The zero-order valence-corrected chi connectivity index (χ0v) is 8.68. The molecule has 2 heterocycles. The molecule has 1 aromatic rings. The molecular formula is C13H13NO. The van der Waals surface area contributed by atoms with Gasteiger partial charge in [-0.15, -0.1) is 0 Å². The lowest BCUT2D eigenvalue weighted by Crippen LogP contribution is -2.43. The standard InChI is InChI=1S/C13H13NO/c1-9-6-7-13(15)14-11-5-3-2-4-10(11)8-12(9)14/h2-7,9,12H,8H2,1H3/t9-,12+/m0/s1. The molecule has 0 fully saturated rings. The van der Waals surface area contributed by atoms with Crippen LogP contribution in [0.2, 0.25) is 0 Å². The van der Waals surface area contributed by atoms with E-state index in [0.717, 1.165) is 12.1 Å². The van der Waals surface area contributed by atoms with Crippen LogP contribution in [0.3, 0.4) is 0 Å². The van der Waals surface area contributed by atoms with Gasteiger partial charge in [-0.1, -0.05) is 31.2 Å². The van der Waals surface area contributed by atoms with E-state index in [0.29, 0.717) is 12.0 Å². The highest BCUT2D eigenvalue weighted by molar-refractivity contribution is 6.04. The third-order valence-electron chi connectivity index (χ3n) is 3.40. The molecule has 0 aromatic heterocycles. The van der Waals surface area contributed by atoms with Gasteiger partial charge in [0, 0.05) is 11.7 Å². The molecule has 1 amide bonds. The largest absolute Gasteiger partial charge is 0.305 e. The normalized spacial score (nSPS) is 27.8. The Kier molecular flexibility index (Phi) is 1.72. The first kappa shape index (κ1) is 8.72. The van der Waals surface area contributed by atoms with Crippen molar-refractivity contribution in [3.8, 4) is 0 Å². The smallest absolute Gasteiger partial charge is 0.250 e. The van der Waals surface area contributed by atoms with E-state index < -0.39 is 0 Å². The number of para-hydroxylation sites is 1. The topological polar surface area (TPSA) is 20.3 Å². The van der Waals surface area contributed by atoms with E-state index in [9.17, 15) is 4.79 Å². The summed E-state index contributed by atoms with van der Waals surface area (Å²) in [7, 11) is 0. The second-order valence-electron chi connectivity index (χ2n) is 4.33. The van der Waals surface area contributed by atoms with Crippen molar-refractivity contribution >= 4 is 11.6 Å². The van der Waals surface area contributed by atoms with Gasteiger partial charge in [0.1, 0.15) is 0 Å². The number of hydrogen-bond donors (Lipinski definition) is 0. The summed E-state index contributed by atoms with van der Waals surface area (Å²) in [6, 6.07) is 8.53. The molecule has 0 unspecified atom stereocenters. The average Bonchev–Trinajstić information content (AvgIpc) is 2.64. The molecule has 2 aliphatic heterocycles. The van der Waals surface area contributed by atoms with Crippen LogP contribution in [0.25, 0.3) is 0 Å². The molecule has 2 nitrogen and oxygen atoms in total. The van der Waals surface area contributed by atoms with Crippen LogP contribution in [0, 0.1) is 5.92 Å². The number of carbonyl (C=O) groups excluding carboxylic acids is 1. The molecule has 15 heavy (non-hydrogen) atoms. The molecule has 0 N–H and O–H groups in total. The van der Waals surface area contributed by atoms with Crippen molar-refractivity contribution in [1.29, 1.82) is 0 Å². The number of rotatable bonds is 0. The van der Waals surface area contributed by atoms with Crippen LogP contribution in [0.15, 0.2) is 36.4 Å². The Morgan fingerprint density at radius 1 is 1.33 bits per heavy atom. The van der Waals surface area contributed by atoms with Crippen molar-refractivity contribution in [3.63, 3.8) is 0 Å². The van der Waals surface area contributed by atoms with E-state index in [1.54, 1.807) is 6.08 Å². The van der Waals surface area contributed by atoms with Gasteiger partial charge in [-0.25, -0.2) is 0 Å². The molecule has 0 radical (unpaired) electrons. The van der Waals surface area contributed by atoms with Gasteiger partial charge in [0.25, 0.3) is 5.91 Å². The summed E-state index contributed by atoms with van der Waals surface area (Å²) in [4.78, 5) is 13.8. The van der Waals surface area contributed by atoms with Crippen LogP contribution in [0.4, 0.5) is 5.69 Å². The third kappa shape index (κ3) is 1.14. The fraction of sp³-hybridized carbons (Fsp3) is 0.308. The van der Waals surface area contributed by atoms with Crippen molar-refractivity contribution in [2.75, 3.05) is 4.90 Å². The maximum atomic E-state index is 11.8. The van der Waals surface area contributed by atoms with E-state index in [4.69, 9.17) is 0 Å². The molecule has 2 aliphatic rings. The monoisotopic (exact) mass is 199 g/mol. The van der Waals surface area contributed by atoms with E-state index in [1.165, 1.54) is 5.56 Å². The van der Waals surface area contributed by atoms with Crippen LogP contribution < -0.4 is 4.90 Å². The molecule has 0 saturated heterocycles. The first-order valence-corrected chi connectivity index (χ1v) is 5.36. The summed E-state index contributed by atoms with van der Waals surface area (Å²) < 4.78 is 0. The molecule has 1 aromatic carbocycles. The first-order chi connectivity index (χ1) is 7.27. The van der Waals surface area contributed by atoms with E-state index >= 15 is 0 Å². The van der Waals surface area contributed by atoms with Gasteiger partial charge in [-0.3, -0.25) is 4.79 Å². The van der Waals surface area contributed by atoms with Gasteiger partial charge in [0.15, 0.2) is 0 Å². The van der Waals surface area contributed by atoms with Crippen LogP contribution in [-0.4, -0.2) is 11.9 Å². The Labute approximate surface area is 89.2 Å². The fourth-order valence-electron chi connectivity index (χ4n) is 2.56. The van der Waals surface area contributed by atoms with Crippen LogP contribution in [0.5, 0.6) is 0 Å². The summed E-state index contributed by atoms with van der Waals surface area (Å²) in [5.41, 5.74) is 2.40. The third-order valence-corrected chi connectivity index (χ3v) is 3.40. The van der Waals surface area contributed by atoms with Gasteiger partial charge >= 0.3 is 0 Å². The van der Waals surface area contributed by atoms with Gasteiger partial charge in [0.05, 0.1) is 0 Å². The number of anilines is 1. The maximum Gasteiger partial charge on any atom is 0.250 e. The van der Waals surface area contributed by atoms with E-state index in [-0.39, 0.29) is 5.91 Å². The minimum Gasteiger partial charge on any atom is -0.305 e. The van der Waals surface area contributed by atoms with Gasteiger partial charge in [-0.2, -0.15) is 0 Å². The lowest BCUT2D eigenvalue weighted by atomic mass is 9.95. The molecule has 2 heteroatoms. The number of amides is 1. The minimum absolute atomic E-state index is 0.128. The average molecular weight is 199 g/mol. The number of carbonyl (C=O) groups is 1. The minimum atomic E-state index is 0.128. The summed E-state index contributed by atoms with van der Waals surface area (Å²) >= 11 is 0. The predicted octanol–water partition coefficient (Wildman–Crippen LogP) is 2.15. The molecular weight excluding hydrogens is 186 g/mol. The lowest BCUT2D eigenvalue weighted by Gasteiger charge is -2.31. The number of benzene rings is 1. The van der Waals surface area contributed by atoms with Crippen LogP contribution >= 0.6 is 0 Å². The van der Waals surface area contributed by atoms with Crippen LogP contribution in [0.1, 0.15) is 12.5 Å². The lowest BCUT2D eigenvalue weighted by molar-refractivity contribution is -0.115. The van der Waals surface area contributed by atoms with Gasteiger partial charge < -0.3 is 4.90 Å². The van der Waals surface area contributed by atoms with Crippen LogP contribution in [-0.2, 0) is 11.2 Å². The molecule has 76 valence electrons. The highest BCUT2D eigenvalue weighted by Gasteiger charge is 2.37. The van der Waals surface area contributed by atoms with Crippen molar-refractivity contribution in [2.45, 2.75) is 19.4 Å². The molecule has 0 saturated carbocycles. The fourth-order valence-corrected chi connectivity index (χ4v) is 2.56. The Balaban J connectivity index is 2.12. The zero-order chi connectivity index (χ0) is 10.4. The predicted molar refractivity (Wildman–Crippen MR) is 59.7 cm³/mol. The van der Waals surface area contributed by atoms with Gasteiger partial charge in [-0.05, 0) is 30.0 Å². The number of nitrogens with zero attached hydrogens (tertiary/aromatic N) is 1. The second-order valence-corrected chi connectivity index (χ2v) is 4.33. The highest BCUT2D eigenvalue weighted by Crippen LogP contribution is 2.37. The molecule has 3 rings (SSSR count). The summed E-state index contributed by atoms with van der Waals surface area (Å²) in [6.45, 7) is 2.17. The molecule has 0 spiro atoms. The first-order valence-electron chi connectivity index (χ1n) is 5.36. The quantitative estimate of drug-likeness (QED) is 0.627. The van der Waals surface area contributed by atoms with Gasteiger partial charge in [0.2, 0.25) is 0 Å². The Hall–Kier alpha value is -1.57. The zero-order valence-electron chi connectivity index (χ0n) is 8.68. The molecule has 0 aliphatic carbocycles. The summed E-state index contributed by atoms with van der Waals surface area (Å²) in [5.74, 6) is 0.582. The van der Waals surface area contributed by atoms with E-state index in [1.807, 2.05) is 29.2 Å². The summed E-state index contributed by atoms with van der Waals surface area (Å²) in [5, 5.41) is 0. The number of fused-ring (bicyclic) bond motifs is 3. The number of hydrogen-bond acceptors (Lipinski definition) is 1. The van der Waals surface area contributed by atoms with Crippen molar-refractivity contribution in [1.82, 2.24) is 0 Å². The Bertz CT molecular complexity index is 450. The summed E-state index contributed by atoms with van der Waals surface area (Å²) in [6.07, 6.45) is 4.71. The van der Waals surface area contributed by atoms with E-state index in [2.05, 4.69) is 13.0 Å². The van der Waals surface area contributed by atoms with Crippen molar-refractivity contribution in [2.24, 2.45) is 5.92 Å². The Morgan fingerprint density at radius 2 is 2.13 bits per heavy atom. The Morgan fingerprint density at radius 3 is 3.00 bits per heavy atom. The van der Waals surface area contributed by atoms with Crippen molar-refractivity contribution < 1.29 is 4.79 Å². The second kappa shape index (κ2) is 2.96. The molecule has 0 bridgehead atoms. The van der Waals surface area contributed by atoms with Crippen molar-refractivity contribution in [3.05, 3.63) is 42.0 Å². The molecule has 2 atom stereocenters. The highest BCUT2D eigenvalue weighted by atomic mass is 16.2. The maximum absolute atomic E-state index is 11.8.